The number of unbranched alkanes of at least 4 members (excludes halogenated alkanes) is 2. The lowest BCUT2D eigenvalue weighted by Crippen LogP contribution is -2.34. The molecule has 0 saturated carbocycles. The number of carboxylic acid groups (broad SMARTS) is 1. The molecular formula is C29H33N2O6S+. The average Bonchev–Trinajstić information content (AvgIpc) is 3.30. The van der Waals surface area contributed by atoms with Gasteiger partial charge in [0.15, 0.2) is 6.20 Å². The molecule has 2 N–H and O–H groups in total. The second kappa shape index (κ2) is 11.8. The van der Waals surface area contributed by atoms with Crippen molar-refractivity contribution in [3.63, 3.8) is 0 Å². The molecule has 4 aromatic rings. The third kappa shape index (κ3) is 6.41. The number of carbonyl (C=O) groups is 1. The van der Waals surface area contributed by atoms with Crippen LogP contribution in [0.2, 0.25) is 0 Å². The Bertz CT molecular complexity index is 1590. The minimum Gasteiger partial charge on any atom is -0.481 e. The SMILES string of the molecule is CCN(CC)c1ccc2cc(C=Cc3cc[n+](CCCCCC(=O)O)c4ccc(S(=O)(=O)O)cc34)oc2c1. The highest BCUT2D eigenvalue weighted by atomic mass is 32.2. The normalized spacial score (nSPS) is 12.1. The van der Waals surface area contributed by atoms with Gasteiger partial charge >= 0.3 is 5.97 Å². The van der Waals surface area contributed by atoms with Crippen LogP contribution in [0.4, 0.5) is 5.69 Å². The van der Waals surface area contributed by atoms with E-state index < -0.39 is 16.1 Å². The van der Waals surface area contributed by atoms with E-state index in [9.17, 15) is 17.8 Å². The summed E-state index contributed by atoms with van der Waals surface area (Å²) in [5.74, 6) is -0.128. The maximum Gasteiger partial charge on any atom is 0.303 e. The fourth-order valence-corrected chi connectivity index (χ4v) is 5.16. The smallest absolute Gasteiger partial charge is 0.303 e. The number of aromatic nitrogens is 1. The zero-order chi connectivity index (χ0) is 27.3. The lowest BCUT2D eigenvalue weighted by atomic mass is 10.1. The molecule has 38 heavy (non-hydrogen) atoms. The molecule has 8 nitrogen and oxygen atoms in total. The molecule has 0 unspecified atom stereocenters. The summed E-state index contributed by atoms with van der Waals surface area (Å²) in [5, 5.41) is 10.5. The van der Waals surface area contributed by atoms with Crippen LogP contribution in [0, 0.1) is 0 Å². The van der Waals surface area contributed by atoms with Crippen molar-refractivity contribution >= 4 is 55.8 Å². The summed E-state index contributed by atoms with van der Waals surface area (Å²) in [6.45, 7) is 6.70. The van der Waals surface area contributed by atoms with E-state index in [0.717, 1.165) is 53.7 Å². The second-order valence-corrected chi connectivity index (χ2v) is 10.6. The highest BCUT2D eigenvalue weighted by Gasteiger charge is 2.17. The summed E-state index contributed by atoms with van der Waals surface area (Å²) in [6.07, 6.45) is 7.96. The number of carboxylic acids is 1. The molecule has 0 amide bonds. The maximum absolute atomic E-state index is 11.8. The molecule has 0 atom stereocenters. The molecule has 0 aliphatic heterocycles. The van der Waals surface area contributed by atoms with Gasteiger partial charge in [-0.1, -0.05) is 6.08 Å². The Balaban J connectivity index is 1.65. The van der Waals surface area contributed by atoms with Crippen LogP contribution in [0.15, 0.2) is 64.0 Å². The first-order valence-corrected chi connectivity index (χ1v) is 14.3. The van der Waals surface area contributed by atoms with E-state index in [1.165, 1.54) is 12.1 Å². The first-order valence-electron chi connectivity index (χ1n) is 12.8. The molecule has 2 heterocycles. The van der Waals surface area contributed by atoms with E-state index in [4.69, 9.17) is 9.52 Å². The lowest BCUT2D eigenvalue weighted by Gasteiger charge is -2.20. The highest BCUT2D eigenvalue weighted by molar-refractivity contribution is 7.85. The molecule has 9 heteroatoms. The zero-order valence-corrected chi connectivity index (χ0v) is 22.4. The van der Waals surface area contributed by atoms with Gasteiger partial charge in [-0.2, -0.15) is 13.0 Å². The van der Waals surface area contributed by atoms with Crippen molar-refractivity contribution in [1.82, 2.24) is 0 Å². The predicted octanol–water partition coefficient (Wildman–Crippen LogP) is 5.78. The highest BCUT2D eigenvalue weighted by Crippen LogP contribution is 2.27. The van der Waals surface area contributed by atoms with Crippen LogP contribution in [0.1, 0.15) is 50.9 Å². The van der Waals surface area contributed by atoms with Gasteiger partial charge < -0.3 is 14.4 Å². The summed E-state index contributed by atoms with van der Waals surface area (Å²) in [6, 6.07) is 14.6. The molecular weight excluding hydrogens is 504 g/mol. The fourth-order valence-electron chi connectivity index (χ4n) is 4.65. The fraction of sp³-hybridized carbons (Fsp3) is 0.310. The van der Waals surface area contributed by atoms with E-state index in [2.05, 4.69) is 24.8 Å². The minimum atomic E-state index is -4.37. The number of benzene rings is 2. The Morgan fingerprint density at radius 1 is 1.00 bits per heavy atom. The van der Waals surface area contributed by atoms with E-state index in [0.29, 0.717) is 24.1 Å². The number of furan rings is 1. The summed E-state index contributed by atoms with van der Waals surface area (Å²) in [4.78, 5) is 12.8. The topological polar surface area (TPSA) is 112 Å². The summed E-state index contributed by atoms with van der Waals surface area (Å²) >= 11 is 0. The molecule has 0 saturated heterocycles. The Labute approximate surface area is 222 Å². The molecule has 0 bridgehead atoms. The second-order valence-electron chi connectivity index (χ2n) is 9.20. The van der Waals surface area contributed by atoms with Crippen LogP contribution in [0.5, 0.6) is 0 Å². The Hall–Kier alpha value is -3.69. The molecule has 0 spiro atoms. The number of fused-ring (bicyclic) bond motifs is 2. The van der Waals surface area contributed by atoms with E-state index >= 15 is 0 Å². The molecule has 2 aromatic heterocycles. The first kappa shape index (κ1) is 27.3. The van der Waals surface area contributed by atoms with Crippen molar-refractivity contribution < 1.29 is 31.9 Å². The number of hydrogen-bond acceptors (Lipinski definition) is 5. The van der Waals surface area contributed by atoms with Gasteiger partial charge in [-0.3, -0.25) is 9.35 Å². The molecule has 0 fully saturated rings. The van der Waals surface area contributed by atoms with Crippen molar-refractivity contribution in [3.05, 3.63) is 66.1 Å². The van der Waals surface area contributed by atoms with Crippen LogP contribution in [0.3, 0.4) is 0 Å². The summed E-state index contributed by atoms with van der Waals surface area (Å²) in [5.41, 5.74) is 3.48. The number of aliphatic carboxylic acids is 1. The van der Waals surface area contributed by atoms with Crippen molar-refractivity contribution in [1.29, 1.82) is 0 Å². The number of rotatable bonds is 12. The van der Waals surface area contributed by atoms with Gasteiger partial charge in [-0.15, -0.1) is 0 Å². The van der Waals surface area contributed by atoms with Gasteiger partial charge in [0.25, 0.3) is 10.1 Å². The standard InChI is InChI=1S/C29H32N2O6S/c1-3-30(4-2)23-11-9-22-18-24(37-28(22)19-23)12-10-21-15-17-31(16-7-5-6-8-29(32)33)27-14-13-25(20-26(21)27)38(34,35)36/h9-15,17-20H,3-8,16H2,1-2H3,(H-,32,33,34,35,36)/p+1. The van der Waals surface area contributed by atoms with Crippen LogP contribution in [-0.4, -0.2) is 37.1 Å². The van der Waals surface area contributed by atoms with E-state index in [-0.39, 0.29) is 11.3 Å². The third-order valence-electron chi connectivity index (χ3n) is 6.69. The van der Waals surface area contributed by atoms with Gasteiger partial charge in [0.2, 0.25) is 5.52 Å². The van der Waals surface area contributed by atoms with Gasteiger partial charge in [0.1, 0.15) is 17.9 Å². The van der Waals surface area contributed by atoms with Crippen LogP contribution < -0.4 is 9.47 Å². The quantitative estimate of drug-likeness (QED) is 0.134. The van der Waals surface area contributed by atoms with Crippen molar-refractivity contribution in [2.24, 2.45) is 0 Å². The largest absolute Gasteiger partial charge is 0.481 e. The van der Waals surface area contributed by atoms with Gasteiger partial charge in [0, 0.05) is 55.2 Å². The molecule has 2 aromatic carbocycles. The molecule has 0 aliphatic carbocycles. The van der Waals surface area contributed by atoms with E-state index in [1.54, 1.807) is 6.07 Å². The van der Waals surface area contributed by atoms with Gasteiger partial charge in [-0.05, 0) is 68.7 Å². The third-order valence-corrected chi connectivity index (χ3v) is 7.54. The van der Waals surface area contributed by atoms with Crippen LogP contribution in [-0.2, 0) is 21.5 Å². The zero-order valence-electron chi connectivity index (χ0n) is 21.6. The molecule has 4 rings (SSSR count). The predicted molar refractivity (Wildman–Crippen MR) is 149 cm³/mol. The molecule has 200 valence electrons. The van der Waals surface area contributed by atoms with Gasteiger partial charge in [-0.25, -0.2) is 0 Å². The number of pyridine rings is 1. The van der Waals surface area contributed by atoms with Crippen molar-refractivity contribution in [2.75, 3.05) is 18.0 Å². The number of aryl methyl sites for hydroxylation is 1. The minimum absolute atomic E-state index is 0.144. The van der Waals surface area contributed by atoms with Crippen molar-refractivity contribution in [3.8, 4) is 0 Å². The molecule has 0 radical (unpaired) electrons. The summed E-state index contributed by atoms with van der Waals surface area (Å²) in [7, 11) is -4.37. The van der Waals surface area contributed by atoms with Crippen LogP contribution >= 0.6 is 0 Å². The Morgan fingerprint density at radius 3 is 2.50 bits per heavy atom. The average molecular weight is 538 g/mol. The molecule has 0 aliphatic rings. The number of hydrogen-bond donors (Lipinski definition) is 2. The first-order chi connectivity index (χ1) is 18.2. The lowest BCUT2D eigenvalue weighted by molar-refractivity contribution is -0.671. The Kier molecular flexibility index (Phi) is 8.48. The monoisotopic (exact) mass is 537 g/mol. The Morgan fingerprint density at radius 2 is 1.79 bits per heavy atom. The number of nitrogens with zero attached hydrogens (tertiary/aromatic N) is 2. The van der Waals surface area contributed by atoms with Crippen LogP contribution in [0.25, 0.3) is 34.0 Å². The summed E-state index contributed by atoms with van der Waals surface area (Å²) < 4.78 is 41.4. The van der Waals surface area contributed by atoms with E-state index in [1.807, 2.05) is 47.2 Å². The number of anilines is 1. The maximum atomic E-state index is 11.8. The van der Waals surface area contributed by atoms with Gasteiger partial charge in [0.05, 0.1) is 10.3 Å². The van der Waals surface area contributed by atoms with Crippen molar-refractivity contribution in [2.45, 2.75) is 51.0 Å².